The number of hydrogen-bond acceptors (Lipinski definition) is 6. The third-order valence-corrected chi connectivity index (χ3v) is 3.05. The van der Waals surface area contributed by atoms with Gasteiger partial charge >= 0.3 is 0 Å². The van der Waals surface area contributed by atoms with Gasteiger partial charge in [0.25, 0.3) is 5.56 Å². The molecule has 0 atom stereocenters. The van der Waals surface area contributed by atoms with E-state index in [-0.39, 0.29) is 29.6 Å². The fraction of sp³-hybridized carbons (Fsp3) is 0.214. The minimum absolute atomic E-state index is 0.0406. The second kappa shape index (κ2) is 6.49. The minimum atomic E-state index is -0.413. The largest absolute Gasteiger partial charge is 0.503 e. The first-order chi connectivity index (χ1) is 10.6. The average molecular weight is 298 g/mol. The molecule has 0 amide bonds. The molecule has 0 saturated heterocycles. The van der Waals surface area contributed by atoms with Crippen molar-refractivity contribution >= 4 is 17.9 Å². The number of hydrogen-bond donors (Lipinski definition) is 2. The zero-order valence-electron chi connectivity index (χ0n) is 12.1. The molecule has 2 heterocycles. The van der Waals surface area contributed by atoms with Gasteiger partial charge in [0.2, 0.25) is 11.6 Å². The monoisotopic (exact) mass is 298 g/mol. The van der Waals surface area contributed by atoms with Crippen molar-refractivity contribution < 1.29 is 5.11 Å². The highest BCUT2D eigenvalue weighted by Gasteiger charge is 2.17. The Labute approximate surface area is 126 Å². The first-order valence-corrected chi connectivity index (χ1v) is 6.50. The summed E-state index contributed by atoms with van der Waals surface area (Å²) >= 11 is 0. The molecule has 0 radical (unpaired) electrons. The fourth-order valence-corrected chi connectivity index (χ4v) is 1.92. The number of aromatic nitrogens is 3. The van der Waals surface area contributed by atoms with E-state index in [1.165, 1.54) is 6.21 Å². The van der Waals surface area contributed by atoms with Crippen LogP contribution in [0.1, 0.15) is 18.1 Å². The molecule has 0 aromatic carbocycles. The van der Waals surface area contributed by atoms with Crippen molar-refractivity contribution in [1.29, 1.82) is 0 Å². The van der Waals surface area contributed by atoms with Crippen LogP contribution in [-0.4, -0.2) is 25.9 Å². The van der Waals surface area contributed by atoms with E-state index in [1.54, 1.807) is 32.3 Å². The van der Waals surface area contributed by atoms with Crippen LogP contribution < -0.4 is 11.0 Å². The summed E-state index contributed by atoms with van der Waals surface area (Å²) < 4.78 is 1.13. The van der Waals surface area contributed by atoms with Crippen molar-refractivity contribution in [1.82, 2.24) is 14.5 Å². The molecule has 0 aliphatic rings. The van der Waals surface area contributed by atoms with Crippen LogP contribution in [0.5, 0.6) is 5.88 Å². The molecule has 2 aromatic heterocycles. The number of rotatable bonds is 4. The fourth-order valence-electron chi connectivity index (χ4n) is 1.92. The van der Waals surface area contributed by atoms with Gasteiger partial charge in [-0.25, -0.2) is 20.2 Å². The van der Waals surface area contributed by atoms with E-state index in [0.29, 0.717) is 5.56 Å². The Bertz CT molecular complexity index is 805. The molecule has 8 nitrogen and oxygen atoms in total. The number of nitrogens with one attached hydrogen (secondary N) is 1. The molecule has 112 valence electrons. The Balaban J connectivity index is 2.43. The van der Waals surface area contributed by atoms with Gasteiger partial charge < -0.3 is 5.11 Å². The summed E-state index contributed by atoms with van der Waals surface area (Å²) in [6.45, 7) is 10.7. The lowest BCUT2D eigenvalue weighted by atomic mass is 10.1. The third-order valence-electron chi connectivity index (χ3n) is 3.05. The maximum absolute atomic E-state index is 12.3. The number of pyridine rings is 1. The predicted octanol–water partition coefficient (Wildman–Crippen LogP) is 1.67. The maximum Gasteiger partial charge on any atom is 0.260 e. The summed E-state index contributed by atoms with van der Waals surface area (Å²) in [5, 5.41) is 13.9. The molecule has 8 heteroatoms. The van der Waals surface area contributed by atoms with Crippen molar-refractivity contribution in [2.24, 2.45) is 5.10 Å². The molecule has 2 rings (SSSR count). The smallest absolute Gasteiger partial charge is 0.260 e. The molecule has 0 bridgehead atoms. The van der Waals surface area contributed by atoms with Crippen LogP contribution in [0.4, 0.5) is 11.6 Å². The molecule has 0 aliphatic heterocycles. The normalized spacial score (nSPS) is 10.6. The van der Waals surface area contributed by atoms with Crippen molar-refractivity contribution in [3.8, 4) is 5.88 Å². The van der Waals surface area contributed by atoms with Gasteiger partial charge in [0, 0.05) is 18.9 Å². The van der Waals surface area contributed by atoms with E-state index in [2.05, 4.69) is 25.3 Å². The van der Waals surface area contributed by atoms with E-state index in [0.717, 1.165) is 4.57 Å². The second-order valence-electron chi connectivity index (χ2n) is 4.31. The van der Waals surface area contributed by atoms with Gasteiger partial charge in [-0.05, 0) is 25.5 Å². The molecule has 2 N–H and O–H groups in total. The van der Waals surface area contributed by atoms with Gasteiger partial charge in [-0.3, -0.25) is 9.36 Å². The lowest BCUT2D eigenvalue weighted by Crippen LogP contribution is -2.24. The molecular formula is C14H14N6O2. The quantitative estimate of drug-likeness (QED) is 0.508. The Morgan fingerprint density at radius 1 is 1.50 bits per heavy atom. The van der Waals surface area contributed by atoms with E-state index in [4.69, 9.17) is 6.57 Å². The summed E-state index contributed by atoms with van der Waals surface area (Å²) in [4.78, 5) is 23.4. The Morgan fingerprint density at radius 2 is 2.18 bits per heavy atom. The Kier molecular flexibility index (Phi) is 4.48. The number of nitrogens with zero attached hydrogens (tertiary/aromatic N) is 5. The minimum Gasteiger partial charge on any atom is -0.503 e. The predicted molar refractivity (Wildman–Crippen MR) is 82.3 cm³/mol. The summed E-state index contributed by atoms with van der Waals surface area (Å²) in [6.07, 6.45) is 4.41. The highest BCUT2D eigenvalue weighted by Crippen LogP contribution is 2.29. The summed E-state index contributed by atoms with van der Waals surface area (Å²) in [7, 11) is 0. The summed E-state index contributed by atoms with van der Waals surface area (Å²) in [5.74, 6) is -0.0343. The standard InChI is InChI=1S/C14H14N6O2/c1-4-20-12(21)10(9(2)11(15-3)13(20)22)8-18-19-14-16-6-5-7-17-14/h5-8,22H,4H2,1-2H3,(H,16,17,19)/b18-8+. The van der Waals surface area contributed by atoms with Crippen molar-refractivity contribution in [2.75, 3.05) is 5.43 Å². The molecule has 0 unspecified atom stereocenters. The SMILES string of the molecule is [C-]#[N+]c1c(C)c(/C=N/Nc2ncccn2)c(=O)n(CC)c1O. The van der Waals surface area contributed by atoms with E-state index in [9.17, 15) is 9.90 Å². The lowest BCUT2D eigenvalue weighted by molar-refractivity contribution is 0.414. The Hall–Kier alpha value is -3.21. The maximum atomic E-state index is 12.3. The molecule has 2 aromatic rings. The zero-order chi connectivity index (χ0) is 16.1. The third kappa shape index (κ3) is 2.78. The lowest BCUT2D eigenvalue weighted by Gasteiger charge is -2.11. The summed E-state index contributed by atoms with van der Waals surface area (Å²) in [5.41, 5.74) is 2.83. The van der Waals surface area contributed by atoms with Gasteiger partial charge in [-0.1, -0.05) is 0 Å². The average Bonchev–Trinajstić information content (AvgIpc) is 2.52. The van der Waals surface area contributed by atoms with Crippen LogP contribution >= 0.6 is 0 Å². The highest BCUT2D eigenvalue weighted by molar-refractivity contribution is 5.85. The van der Waals surface area contributed by atoms with Crippen LogP contribution in [0.3, 0.4) is 0 Å². The molecule has 0 saturated carbocycles. The molecule has 0 spiro atoms. The number of anilines is 1. The number of aromatic hydroxyl groups is 1. The van der Waals surface area contributed by atoms with E-state index in [1.807, 2.05) is 0 Å². The van der Waals surface area contributed by atoms with E-state index < -0.39 is 5.56 Å². The van der Waals surface area contributed by atoms with Gasteiger partial charge in [0.15, 0.2) is 5.88 Å². The van der Waals surface area contributed by atoms with Crippen LogP contribution in [0.25, 0.3) is 4.85 Å². The highest BCUT2D eigenvalue weighted by atomic mass is 16.3. The van der Waals surface area contributed by atoms with Gasteiger partial charge in [-0.2, -0.15) is 5.10 Å². The van der Waals surface area contributed by atoms with E-state index >= 15 is 0 Å². The number of hydrazone groups is 1. The first kappa shape index (κ1) is 15.2. The van der Waals surface area contributed by atoms with Crippen LogP contribution in [0, 0.1) is 13.5 Å². The molecule has 0 aliphatic carbocycles. The van der Waals surface area contributed by atoms with Crippen molar-refractivity contribution in [3.63, 3.8) is 0 Å². The van der Waals surface area contributed by atoms with Crippen LogP contribution in [0.15, 0.2) is 28.4 Å². The van der Waals surface area contributed by atoms with Crippen LogP contribution in [0.2, 0.25) is 0 Å². The molecule has 0 fully saturated rings. The molecule has 22 heavy (non-hydrogen) atoms. The van der Waals surface area contributed by atoms with Gasteiger partial charge in [0.1, 0.15) is 0 Å². The molecular weight excluding hydrogens is 284 g/mol. The van der Waals surface area contributed by atoms with Gasteiger partial charge in [-0.15, -0.1) is 0 Å². The van der Waals surface area contributed by atoms with Crippen molar-refractivity contribution in [3.05, 3.63) is 51.4 Å². The van der Waals surface area contributed by atoms with Crippen molar-refractivity contribution in [2.45, 2.75) is 20.4 Å². The first-order valence-electron chi connectivity index (χ1n) is 6.50. The topological polar surface area (TPSA) is 96.8 Å². The van der Waals surface area contributed by atoms with Crippen LogP contribution in [-0.2, 0) is 6.54 Å². The second-order valence-corrected chi connectivity index (χ2v) is 4.31. The van der Waals surface area contributed by atoms with Gasteiger partial charge in [0.05, 0.1) is 18.4 Å². The Morgan fingerprint density at radius 3 is 2.77 bits per heavy atom. The summed E-state index contributed by atoms with van der Waals surface area (Å²) in [6, 6.07) is 1.67. The zero-order valence-corrected chi connectivity index (χ0v) is 12.1.